The third kappa shape index (κ3) is 2.50. The Kier molecular flexibility index (Phi) is 3.66. The minimum atomic E-state index is -0.564. The van der Waals surface area contributed by atoms with E-state index >= 15 is 0 Å². The van der Waals surface area contributed by atoms with Crippen LogP contribution in [0.1, 0.15) is 16.8 Å². The van der Waals surface area contributed by atoms with E-state index in [0.29, 0.717) is 13.1 Å². The maximum absolute atomic E-state index is 12.3. The summed E-state index contributed by atoms with van der Waals surface area (Å²) in [7, 11) is 1.31. The lowest BCUT2D eigenvalue weighted by Gasteiger charge is -2.17. The van der Waals surface area contributed by atoms with Crippen LogP contribution in [0, 0.1) is 10.1 Å². The van der Waals surface area contributed by atoms with Gasteiger partial charge in [0.2, 0.25) is 5.75 Å². The molecule has 0 aliphatic carbocycles. The summed E-state index contributed by atoms with van der Waals surface area (Å²) in [6, 6.07) is 4.28. The van der Waals surface area contributed by atoms with E-state index in [1.54, 1.807) is 4.90 Å². The zero-order valence-corrected chi connectivity index (χ0v) is 10.5. The molecule has 0 radical (unpaired) electrons. The number of likely N-dealkylation sites (tertiary alicyclic amines) is 1. The number of benzene rings is 1. The van der Waals surface area contributed by atoms with Gasteiger partial charge in [0.25, 0.3) is 5.91 Å². The average Bonchev–Trinajstić information content (AvgIpc) is 2.83. The van der Waals surface area contributed by atoms with Crippen LogP contribution < -0.4 is 10.5 Å². The highest BCUT2D eigenvalue weighted by atomic mass is 16.6. The van der Waals surface area contributed by atoms with Crippen molar-refractivity contribution in [1.29, 1.82) is 0 Å². The molecule has 0 bridgehead atoms. The van der Waals surface area contributed by atoms with Gasteiger partial charge in [0.1, 0.15) is 0 Å². The Bertz CT molecular complexity index is 518. The molecule has 7 heteroatoms. The predicted molar refractivity (Wildman–Crippen MR) is 68.1 cm³/mol. The molecule has 1 aliphatic heterocycles. The molecule has 102 valence electrons. The quantitative estimate of drug-likeness (QED) is 0.643. The monoisotopic (exact) mass is 265 g/mol. The molecule has 1 aromatic carbocycles. The number of para-hydroxylation sites is 1. The molecule has 1 aromatic rings. The van der Waals surface area contributed by atoms with Gasteiger partial charge in [0, 0.05) is 25.2 Å². The fourth-order valence-electron chi connectivity index (χ4n) is 2.19. The third-order valence-electron chi connectivity index (χ3n) is 3.14. The van der Waals surface area contributed by atoms with E-state index in [9.17, 15) is 14.9 Å². The molecule has 19 heavy (non-hydrogen) atoms. The molecular weight excluding hydrogens is 250 g/mol. The number of hydrogen-bond acceptors (Lipinski definition) is 5. The number of methoxy groups -OCH3 is 1. The zero-order chi connectivity index (χ0) is 14.0. The van der Waals surface area contributed by atoms with Gasteiger partial charge in [-0.15, -0.1) is 0 Å². The predicted octanol–water partition coefficient (Wildman–Crippen LogP) is 0.777. The summed E-state index contributed by atoms with van der Waals surface area (Å²) in [5, 5.41) is 10.9. The maximum atomic E-state index is 12.3. The normalized spacial score (nSPS) is 18.4. The summed E-state index contributed by atoms with van der Waals surface area (Å²) in [6.07, 6.45) is 0.739. The van der Waals surface area contributed by atoms with Crippen molar-refractivity contribution in [1.82, 2.24) is 4.90 Å². The lowest BCUT2D eigenvalue weighted by atomic mass is 10.1. The second-order valence-corrected chi connectivity index (χ2v) is 4.41. The molecule has 1 atom stereocenters. The molecule has 0 unspecified atom stereocenters. The van der Waals surface area contributed by atoms with Crippen LogP contribution >= 0.6 is 0 Å². The van der Waals surface area contributed by atoms with Gasteiger partial charge in [0.15, 0.2) is 0 Å². The van der Waals surface area contributed by atoms with Crippen LogP contribution in [0.5, 0.6) is 5.75 Å². The van der Waals surface area contributed by atoms with Crippen molar-refractivity contribution in [3.63, 3.8) is 0 Å². The second-order valence-electron chi connectivity index (χ2n) is 4.41. The Morgan fingerprint density at radius 1 is 1.58 bits per heavy atom. The Morgan fingerprint density at radius 2 is 2.32 bits per heavy atom. The summed E-state index contributed by atoms with van der Waals surface area (Å²) >= 11 is 0. The number of nitrogens with two attached hydrogens (primary N) is 1. The summed E-state index contributed by atoms with van der Waals surface area (Å²) in [5.41, 5.74) is 5.74. The first-order valence-electron chi connectivity index (χ1n) is 5.91. The lowest BCUT2D eigenvalue weighted by Crippen LogP contribution is -2.32. The smallest absolute Gasteiger partial charge is 0.311 e. The van der Waals surface area contributed by atoms with Gasteiger partial charge < -0.3 is 15.4 Å². The van der Waals surface area contributed by atoms with E-state index in [-0.39, 0.29) is 28.9 Å². The van der Waals surface area contributed by atoms with Crippen LogP contribution in [-0.2, 0) is 0 Å². The first-order valence-corrected chi connectivity index (χ1v) is 5.91. The number of carbonyl (C=O) groups excluding carboxylic acids is 1. The highest BCUT2D eigenvalue weighted by Crippen LogP contribution is 2.31. The molecular formula is C12H15N3O4. The molecule has 1 heterocycles. The van der Waals surface area contributed by atoms with Gasteiger partial charge in [-0.1, -0.05) is 6.07 Å². The molecule has 1 aliphatic rings. The minimum Gasteiger partial charge on any atom is -0.490 e. The average molecular weight is 265 g/mol. The lowest BCUT2D eigenvalue weighted by molar-refractivity contribution is -0.385. The molecule has 1 saturated heterocycles. The van der Waals surface area contributed by atoms with Crippen molar-refractivity contribution < 1.29 is 14.5 Å². The van der Waals surface area contributed by atoms with E-state index < -0.39 is 4.92 Å². The SMILES string of the molecule is COc1c(C(=O)N2CC[C@H](N)C2)cccc1[N+](=O)[O-]. The molecule has 1 fully saturated rings. The van der Waals surface area contributed by atoms with E-state index in [0.717, 1.165) is 6.42 Å². The molecule has 2 N–H and O–H groups in total. The maximum Gasteiger partial charge on any atom is 0.311 e. The molecule has 0 spiro atoms. The Balaban J connectivity index is 2.36. The summed E-state index contributed by atoms with van der Waals surface area (Å²) in [6.45, 7) is 1.02. The number of ether oxygens (including phenoxy) is 1. The number of nitro benzene ring substituents is 1. The number of nitro groups is 1. The first-order chi connectivity index (χ1) is 9.04. The van der Waals surface area contributed by atoms with Crippen LogP contribution in [0.3, 0.4) is 0 Å². The minimum absolute atomic E-state index is 0.00188. The fraction of sp³-hybridized carbons (Fsp3) is 0.417. The summed E-state index contributed by atoms with van der Waals surface area (Å²) in [5.74, 6) is -0.286. The number of rotatable bonds is 3. The van der Waals surface area contributed by atoms with Gasteiger partial charge in [-0.05, 0) is 12.5 Å². The zero-order valence-electron chi connectivity index (χ0n) is 10.5. The van der Waals surface area contributed by atoms with Crippen LogP contribution in [0.15, 0.2) is 18.2 Å². The highest BCUT2D eigenvalue weighted by Gasteiger charge is 2.29. The first kappa shape index (κ1) is 13.3. The van der Waals surface area contributed by atoms with Crippen molar-refractivity contribution in [2.75, 3.05) is 20.2 Å². The molecule has 0 aromatic heterocycles. The van der Waals surface area contributed by atoms with Crippen molar-refractivity contribution in [2.24, 2.45) is 5.73 Å². The van der Waals surface area contributed by atoms with E-state index in [4.69, 9.17) is 10.5 Å². The van der Waals surface area contributed by atoms with E-state index in [1.807, 2.05) is 0 Å². The topological polar surface area (TPSA) is 98.7 Å². The van der Waals surface area contributed by atoms with Crippen LogP contribution in [-0.4, -0.2) is 42.0 Å². The highest BCUT2D eigenvalue weighted by molar-refractivity contribution is 5.98. The molecule has 1 amide bonds. The summed E-state index contributed by atoms with van der Waals surface area (Å²) in [4.78, 5) is 24.2. The molecule has 7 nitrogen and oxygen atoms in total. The van der Waals surface area contributed by atoms with Gasteiger partial charge in [-0.2, -0.15) is 0 Å². The van der Waals surface area contributed by atoms with Gasteiger partial charge in [-0.3, -0.25) is 14.9 Å². The second kappa shape index (κ2) is 5.23. The van der Waals surface area contributed by atoms with Gasteiger partial charge >= 0.3 is 5.69 Å². The summed E-state index contributed by atoms with van der Waals surface area (Å²) < 4.78 is 5.02. The number of carbonyl (C=O) groups is 1. The molecule has 0 saturated carbocycles. The standard InChI is InChI=1S/C12H15N3O4/c1-19-11-9(3-2-4-10(11)15(17)18)12(16)14-6-5-8(13)7-14/h2-4,8H,5-7,13H2,1H3/t8-/m0/s1. The fourth-order valence-corrected chi connectivity index (χ4v) is 2.19. The van der Waals surface area contributed by atoms with Gasteiger partial charge in [-0.25, -0.2) is 0 Å². The van der Waals surface area contributed by atoms with Crippen molar-refractivity contribution in [2.45, 2.75) is 12.5 Å². The van der Waals surface area contributed by atoms with Crippen LogP contribution in [0.25, 0.3) is 0 Å². The van der Waals surface area contributed by atoms with Crippen molar-refractivity contribution >= 4 is 11.6 Å². The van der Waals surface area contributed by atoms with E-state index in [2.05, 4.69) is 0 Å². The van der Waals surface area contributed by atoms with Crippen molar-refractivity contribution in [3.8, 4) is 5.75 Å². The van der Waals surface area contributed by atoms with Crippen LogP contribution in [0.4, 0.5) is 5.69 Å². The number of amides is 1. The number of nitrogens with zero attached hydrogens (tertiary/aromatic N) is 2. The Morgan fingerprint density at radius 3 is 2.84 bits per heavy atom. The Hall–Kier alpha value is -2.15. The largest absolute Gasteiger partial charge is 0.490 e. The number of hydrogen-bond donors (Lipinski definition) is 1. The van der Waals surface area contributed by atoms with Gasteiger partial charge in [0.05, 0.1) is 17.6 Å². The van der Waals surface area contributed by atoms with Crippen LogP contribution in [0.2, 0.25) is 0 Å². The third-order valence-corrected chi connectivity index (χ3v) is 3.14. The van der Waals surface area contributed by atoms with E-state index in [1.165, 1.54) is 25.3 Å². The van der Waals surface area contributed by atoms with Crippen molar-refractivity contribution in [3.05, 3.63) is 33.9 Å². The molecule has 2 rings (SSSR count). The Labute approximate surface area is 110 Å².